The van der Waals surface area contributed by atoms with Crippen LogP contribution in [0, 0.1) is 0 Å². The van der Waals surface area contributed by atoms with Gasteiger partial charge in [-0.1, -0.05) is 11.3 Å². The summed E-state index contributed by atoms with van der Waals surface area (Å²) in [5.41, 5.74) is 1.81. The van der Waals surface area contributed by atoms with E-state index in [2.05, 4.69) is 28.7 Å². The minimum Gasteiger partial charge on any atom is -0.372 e. The van der Waals surface area contributed by atoms with Gasteiger partial charge in [0.05, 0.1) is 17.4 Å². The van der Waals surface area contributed by atoms with E-state index in [-0.39, 0.29) is 5.78 Å². The number of aromatic nitrogens is 1. The summed E-state index contributed by atoms with van der Waals surface area (Å²) in [4.78, 5) is 25.6. The van der Waals surface area contributed by atoms with Crippen molar-refractivity contribution >= 4 is 34.3 Å². The number of aliphatic imine (C=N–C) groups is 1. The lowest BCUT2D eigenvalue weighted by atomic mass is 10.1. The number of hydrogen-bond acceptors (Lipinski definition) is 5. The van der Waals surface area contributed by atoms with Crippen molar-refractivity contribution in [3.05, 3.63) is 40.9 Å². The molecule has 122 valence electrons. The first kappa shape index (κ1) is 17.1. The standard InChI is InChI=1S/C17H22N4OS/c1-5-21(6-2)14-9-7-13(8-10-14)16(22)15-11-18-17(23-15)19-12-20(3)4/h7-12H,5-6H2,1-4H3/b19-12+. The van der Waals surface area contributed by atoms with Crippen LogP contribution in [0.1, 0.15) is 29.1 Å². The molecule has 0 amide bonds. The van der Waals surface area contributed by atoms with Gasteiger partial charge in [-0.05, 0) is 38.1 Å². The second-order valence-corrected chi connectivity index (χ2v) is 6.27. The molecular formula is C17H22N4OS. The van der Waals surface area contributed by atoms with E-state index in [0.717, 1.165) is 18.8 Å². The summed E-state index contributed by atoms with van der Waals surface area (Å²) in [6.07, 6.45) is 3.26. The van der Waals surface area contributed by atoms with Crippen LogP contribution < -0.4 is 4.90 Å². The number of thiazole rings is 1. The quantitative estimate of drug-likeness (QED) is 0.443. The zero-order valence-electron chi connectivity index (χ0n) is 14.0. The number of carbonyl (C=O) groups is 1. The van der Waals surface area contributed by atoms with Crippen molar-refractivity contribution in [3.8, 4) is 0 Å². The molecule has 0 fully saturated rings. The van der Waals surface area contributed by atoms with E-state index in [1.54, 1.807) is 12.5 Å². The first-order valence-electron chi connectivity index (χ1n) is 7.61. The minimum atomic E-state index is -0.0140. The van der Waals surface area contributed by atoms with Crippen LogP contribution in [0.15, 0.2) is 35.5 Å². The lowest BCUT2D eigenvalue weighted by Gasteiger charge is -2.20. The van der Waals surface area contributed by atoms with E-state index in [1.165, 1.54) is 11.3 Å². The number of ketones is 1. The highest BCUT2D eigenvalue weighted by molar-refractivity contribution is 7.17. The molecule has 5 nitrogen and oxygen atoms in total. The molecule has 1 aromatic carbocycles. The summed E-state index contributed by atoms with van der Waals surface area (Å²) in [5.74, 6) is -0.0140. The normalized spacial score (nSPS) is 11.0. The van der Waals surface area contributed by atoms with Crippen LogP contribution in [0.4, 0.5) is 10.8 Å². The Morgan fingerprint density at radius 2 is 1.87 bits per heavy atom. The van der Waals surface area contributed by atoms with Gasteiger partial charge in [-0.25, -0.2) is 9.98 Å². The molecule has 0 bridgehead atoms. The highest BCUT2D eigenvalue weighted by Gasteiger charge is 2.13. The van der Waals surface area contributed by atoms with Crippen molar-refractivity contribution in [1.82, 2.24) is 9.88 Å². The van der Waals surface area contributed by atoms with Gasteiger partial charge in [-0.15, -0.1) is 0 Å². The van der Waals surface area contributed by atoms with Crippen molar-refractivity contribution in [1.29, 1.82) is 0 Å². The van der Waals surface area contributed by atoms with Gasteiger partial charge >= 0.3 is 0 Å². The summed E-state index contributed by atoms with van der Waals surface area (Å²) < 4.78 is 0. The summed E-state index contributed by atoms with van der Waals surface area (Å²) in [7, 11) is 3.78. The van der Waals surface area contributed by atoms with Crippen molar-refractivity contribution in [3.63, 3.8) is 0 Å². The van der Waals surface area contributed by atoms with Gasteiger partial charge in [0.15, 0.2) is 0 Å². The van der Waals surface area contributed by atoms with Crippen LogP contribution in [-0.2, 0) is 0 Å². The van der Waals surface area contributed by atoms with Crippen molar-refractivity contribution < 1.29 is 4.79 Å². The zero-order chi connectivity index (χ0) is 16.8. The average molecular weight is 330 g/mol. The Morgan fingerprint density at radius 3 is 2.43 bits per heavy atom. The Hall–Kier alpha value is -2.21. The van der Waals surface area contributed by atoms with Crippen LogP contribution in [0.5, 0.6) is 0 Å². The van der Waals surface area contributed by atoms with Gasteiger partial charge in [0.1, 0.15) is 0 Å². The van der Waals surface area contributed by atoms with Crippen molar-refractivity contribution in [2.45, 2.75) is 13.8 Å². The largest absolute Gasteiger partial charge is 0.372 e. The summed E-state index contributed by atoms with van der Waals surface area (Å²) in [6.45, 7) is 6.14. The number of benzene rings is 1. The third-order valence-corrected chi connectivity index (χ3v) is 4.28. The molecule has 0 spiro atoms. The van der Waals surface area contributed by atoms with E-state index >= 15 is 0 Å². The molecule has 1 aromatic heterocycles. The molecule has 0 saturated heterocycles. The number of hydrogen-bond donors (Lipinski definition) is 0. The summed E-state index contributed by atoms with van der Waals surface area (Å²) in [5, 5.41) is 0.585. The second-order valence-electron chi connectivity index (χ2n) is 5.26. The molecular weight excluding hydrogens is 308 g/mol. The van der Waals surface area contributed by atoms with Gasteiger partial charge in [0.2, 0.25) is 10.9 Å². The average Bonchev–Trinajstić information content (AvgIpc) is 3.03. The molecule has 0 aliphatic rings. The molecule has 1 heterocycles. The van der Waals surface area contributed by atoms with E-state index in [0.29, 0.717) is 15.6 Å². The molecule has 2 aromatic rings. The third-order valence-electron chi connectivity index (χ3n) is 3.37. The molecule has 0 N–H and O–H groups in total. The van der Waals surface area contributed by atoms with Crippen LogP contribution in [0.3, 0.4) is 0 Å². The topological polar surface area (TPSA) is 48.8 Å². The first-order valence-corrected chi connectivity index (χ1v) is 8.43. The van der Waals surface area contributed by atoms with Gasteiger partial charge in [0, 0.05) is 38.4 Å². The molecule has 0 unspecified atom stereocenters. The van der Waals surface area contributed by atoms with E-state index in [1.807, 2.05) is 43.3 Å². The summed E-state index contributed by atoms with van der Waals surface area (Å²) in [6, 6.07) is 7.73. The number of nitrogens with zero attached hydrogens (tertiary/aromatic N) is 4. The SMILES string of the molecule is CCN(CC)c1ccc(C(=O)c2cnc(/N=C/N(C)C)s2)cc1. The molecule has 0 radical (unpaired) electrons. The van der Waals surface area contributed by atoms with E-state index < -0.39 is 0 Å². The van der Waals surface area contributed by atoms with Gasteiger partial charge < -0.3 is 9.80 Å². The van der Waals surface area contributed by atoms with E-state index in [9.17, 15) is 4.79 Å². The fourth-order valence-corrected chi connectivity index (χ4v) is 2.87. The lowest BCUT2D eigenvalue weighted by molar-refractivity contribution is 0.104. The molecule has 6 heteroatoms. The molecule has 0 aliphatic carbocycles. The predicted molar refractivity (Wildman–Crippen MR) is 97.4 cm³/mol. The van der Waals surface area contributed by atoms with Crippen molar-refractivity contribution in [2.24, 2.45) is 4.99 Å². The van der Waals surface area contributed by atoms with Gasteiger partial charge in [-0.2, -0.15) is 0 Å². The molecule has 0 atom stereocenters. The molecule has 23 heavy (non-hydrogen) atoms. The van der Waals surface area contributed by atoms with E-state index in [4.69, 9.17) is 0 Å². The van der Waals surface area contributed by atoms with Crippen LogP contribution in [0.2, 0.25) is 0 Å². The Balaban J connectivity index is 2.14. The fraction of sp³-hybridized carbons (Fsp3) is 0.353. The highest BCUT2D eigenvalue weighted by atomic mass is 32.1. The zero-order valence-corrected chi connectivity index (χ0v) is 14.8. The molecule has 0 saturated carbocycles. The maximum absolute atomic E-state index is 12.5. The Morgan fingerprint density at radius 1 is 1.22 bits per heavy atom. The maximum atomic E-state index is 12.5. The Kier molecular flexibility index (Phi) is 5.87. The minimum absolute atomic E-state index is 0.0140. The Labute approximate surface area is 141 Å². The lowest BCUT2D eigenvalue weighted by Crippen LogP contribution is -2.21. The number of anilines is 1. The van der Waals surface area contributed by atoms with Crippen LogP contribution >= 0.6 is 11.3 Å². The fourth-order valence-electron chi connectivity index (χ4n) is 2.15. The first-order chi connectivity index (χ1) is 11.0. The molecule has 2 rings (SSSR count). The number of rotatable bonds is 7. The third kappa shape index (κ3) is 4.39. The molecule has 0 aliphatic heterocycles. The van der Waals surface area contributed by atoms with Gasteiger partial charge in [-0.3, -0.25) is 4.79 Å². The van der Waals surface area contributed by atoms with Crippen LogP contribution in [-0.4, -0.2) is 49.2 Å². The maximum Gasteiger partial charge on any atom is 0.211 e. The smallest absolute Gasteiger partial charge is 0.211 e. The summed E-state index contributed by atoms with van der Waals surface area (Å²) >= 11 is 1.30. The number of carbonyl (C=O) groups excluding carboxylic acids is 1. The Bertz CT molecular complexity index is 672. The van der Waals surface area contributed by atoms with Crippen molar-refractivity contribution in [2.75, 3.05) is 32.1 Å². The second kappa shape index (κ2) is 7.87. The van der Waals surface area contributed by atoms with Gasteiger partial charge in [0.25, 0.3) is 0 Å². The van der Waals surface area contributed by atoms with Crippen LogP contribution in [0.25, 0.3) is 0 Å². The highest BCUT2D eigenvalue weighted by Crippen LogP contribution is 2.24. The predicted octanol–water partition coefficient (Wildman–Crippen LogP) is 3.44. The monoisotopic (exact) mass is 330 g/mol.